The molecule has 5 fully saturated rings. The van der Waals surface area contributed by atoms with E-state index in [1.165, 1.54) is 116 Å². The molecule has 17 atom stereocenters. The number of nitrogens with two attached hydrogens (primary N) is 4. The number of rotatable bonds is 19. The van der Waals surface area contributed by atoms with Crippen LogP contribution in [0, 0.1) is 10.8 Å². The van der Waals surface area contributed by atoms with Gasteiger partial charge in [0, 0.05) is 88.7 Å². The maximum Gasteiger partial charge on any atom is 0.252 e. The molecule has 5 aliphatic rings. The van der Waals surface area contributed by atoms with E-state index < -0.39 is 265 Å². The van der Waals surface area contributed by atoms with Crippen molar-refractivity contribution in [3.8, 4) is 17.2 Å². The second kappa shape index (κ2) is 49.6. The number of H-pyrrole nitrogens is 1. The van der Waals surface area contributed by atoms with Crippen LogP contribution in [-0.4, -0.2) is 305 Å². The van der Waals surface area contributed by atoms with Crippen LogP contribution in [0.4, 0.5) is 0 Å². The Kier molecular flexibility index (Phi) is 38.5. The van der Waals surface area contributed by atoms with Crippen LogP contribution in [0.15, 0.2) is 85.3 Å². The first-order valence-electron chi connectivity index (χ1n) is 43.6. The minimum atomic E-state index is -1.91. The lowest BCUT2D eigenvalue weighted by Gasteiger charge is -2.32. The number of amides is 17. The molecule has 0 saturated carbocycles. The Morgan fingerprint density at radius 1 is 0.459 bits per heavy atom. The molecule has 6 heterocycles. The molecule has 0 aliphatic carbocycles. The molecule has 3 aromatic carbocycles. The average molecular weight is 1890 g/mol. The number of imidazole rings is 1. The van der Waals surface area contributed by atoms with Crippen LogP contribution in [-0.2, 0) is 101 Å². The van der Waals surface area contributed by atoms with Gasteiger partial charge < -0.3 is 143 Å². The maximum atomic E-state index is 15.7. The monoisotopic (exact) mass is 1890 g/mol. The van der Waals surface area contributed by atoms with Crippen molar-refractivity contribution >= 4 is 134 Å². The fraction of sp³-hybridized carbons (Fsp3) is 0.524. The molecule has 1 aromatic heterocycles. The lowest BCUT2D eigenvalue weighted by molar-refractivity contribution is -0.150. The number of guanidine groups is 2. The van der Waals surface area contributed by atoms with Gasteiger partial charge in [-0.15, -0.1) is 0 Å². The molecule has 5 saturated heterocycles. The third-order valence-corrected chi connectivity index (χ3v) is 25.3. The predicted molar refractivity (Wildman–Crippen MR) is 481 cm³/mol. The van der Waals surface area contributed by atoms with Crippen LogP contribution < -0.4 is 103 Å². The topological polar surface area (TPSA) is 742 Å². The van der Waals surface area contributed by atoms with Gasteiger partial charge in [-0.3, -0.25) is 92.3 Å². The van der Waals surface area contributed by atoms with Crippen LogP contribution in [0.5, 0.6) is 17.2 Å². The van der Waals surface area contributed by atoms with E-state index in [0.717, 1.165) is 26.5 Å². The summed E-state index contributed by atoms with van der Waals surface area (Å²) in [6, 6.07) is -9.29. The summed E-state index contributed by atoms with van der Waals surface area (Å²) < 4.78 is 0. The van der Waals surface area contributed by atoms with Crippen molar-refractivity contribution in [3.63, 3.8) is 0 Å². The fourth-order valence-electron chi connectivity index (χ4n) is 15.6. The van der Waals surface area contributed by atoms with E-state index in [1.54, 1.807) is 0 Å². The van der Waals surface area contributed by atoms with Crippen molar-refractivity contribution in [2.75, 3.05) is 50.8 Å². The van der Waals surface area contributed by atoms with Crippen molar-refractivity contribution < 1.29 is 102 Å². The number of primary amides is 1. The highest BCUT2D eigenvalue weighted by atomic mass is 33.1. The Morgan fingerprint density at radius 2 is 0.857 bits per heavy atom. The van der Waals surface area contributed by atoms with E-state index in [9.17, 15) is 68.4 Å². The number of nitrogens with one attached hydrogen (secondary N) is 18. The summed E-state index contributed by atoms with van der Waals surface area (Å²) >= 11 is 0. The number of nitrogens with zero attached hydrogens (tertiary/aromatic N) is 4. The molecule has 722 valence electrons. The van der Waals surface area contributed by atoms with E-state index in [2.05, 4.69) is 89.7 Å². The highest BCUT2D eigenvalue weighted by molar-refractivity contribution is 8.76. The van der Waals surface area contributed by atoms with Crippen molar-refractivity contribution in [2.45, 2.75) is 226 Å². The summed E-state index contributed by atoms with van der Waals surface area (Å²) in [5.41, 5.74) is 24.0. The quantitative estimate of drug-likeness (QED) is 0.0180. The van der Waals surface area contributed by atoms with Gasteiger partial charge in [-0.2, -0.15) is 0 Å². The van der Waals surface area contributed by atoms with Gasteiger partial charge in [0.2, 0.25) is 94.5 Å². The van der Waals surface area contributed by atoms with E-state index in [1.807, 2.05) is 0 Å². The molecule has 2 bridgehead atoms. The number of aliphatic hydroxyl groups is 1. The molecule has 49 heteroatoms. The SMILES string of the molecule is CC(N)C1NC(=O)[C@H]2CCCN2C(=O)[C@H](C)NC(=O)[C@H](CCCNC(=N)N)NC(=O)[C@@H]2CSSC[C@H](NC(=O)[C@H](Cc3ccc(O)cc3)NC(=O)[C@H](CCCNC(=N)N)NC1=O)C(=O)N[C@@H](Cc1ccc(O)cc1)C(=O)N[C@@H](CCC(N)=O)C(=O)NCCC(O)C(=O)N1CCC[C@@H]1C(=O)N1CCC[C@H]1C(=O)N[C@@H](Cc1ccc(O)cc1)C(=O)N[C@@H](c1c[nH]cn1)C(=O)N[C@@H](C)C(=O)N2. The van der Waals surface area contributed by atoms with Crippen molar-refractivity contribution in [1.29, 1.82) is 10.8 Å². The number of carbonyl (C=O) groups excluding carboxylic acids is 17. The van der Waals surface area contributed by atoms with E-state index in [0.29, 0.717) is 5.56 Å². The third-order valence-electron chi connectivity index (χ3n) is 22.8. The van der Waals surface area contributed by atoms with Crippen LogP contribution in [0.3, 0.4) is 0 Å². The molecule has 17 amide bonds. The lowest BCUT2D eigenvalue weighted by atomic mass is 10.0. The summed E-state index contributed by atoms with van der Waals surface area (Å²) in [5, 5.41) is 97.5. The van der Waals surface area contributed by atoms with Gasteiger partial charge in [0.05, 0.1) is 12.0 Å². The summed E-state index contributed by atoms with van der Waals surface area (Å²) in [7, 11) is 1.49. The Labute approximate surface area is 772 Å². The molecule has 0 spiro atoms. The fourth-order valence-corrected chi connectivity index (χ4v) is 18.0. The number of carbonyl (C=O) groups is 17. The standard InChI is InChI=1S/C84H118N26O21S2/c1-42(85)65-78(127)100-52(10-5-30-94-84(89)90)70(119)101-55(36-46-16-22-49(112)23-17-46)72(121)105-59-40-133-132-39-58(74(123)98-51(9-4-29-93-83(87)88)69(118)97-44(3)80(129)108-32-6-12-61(108)77(126)106-65)104-67(116)43(2)96-79(128)66(57-38-91-41-95-57)107-73(122)56(37-47-18-24-50(113)25-19-47)103-76(125)60-11-7-33-109(60)81(130)62-13-8-34-110(62)82(131)63(114)28-31-92-68(117)53(26-27-64(86)115)99-71(120)54(102-75(59)124)35-45-14-20-48(111)21-15-45/h14-25,38,41-44,51-56,58-63,65-66,111-114H,4-13,26-37,39-40,85H2,1-3H3,(H2,86,115)(H,91,95)(H,92,117)(H,96,128)(H,97,118)(H,98,123)(H,99,120)(H,100,127)(H,101,119)(H,102,124)(H,103,125)(H,104,116)(H,105,121)(H,106,126)(H,107,122)(H4,87,88,93)(H4,89,90,94)/t42?,43-,44-,51-,52-,53-,54-,55-,56-,58-,59-,60-,61+,62+,63?,65?,66-/m0/s1. The van der Waals surface area contributed by atoms with Crippen molar-refractivity contribution in [2.24, 2.45) is 22.9 Å². The first kappa shape index (κ1) is 103. The molecule has 133 heavy (non-hydrogen) atoms. The minimum absolute atomic E-state index is 0.00963. The van der Waals surface area contributed by atoms with Crippen LogP contribution >= 0.6 is 21.6 Å². The number of fused-ring (bicyclic) bond motifs is 8. The number of benzene rings is 3. The van der Waals surface area contributed by atoms with Gasteiger partial charge in [-0.25, -0.2) is 4.98 Å². The first-order valence-corrected chi connectivity index (χ1v) is 46.1. The summed E-state index contributed by atoms with van der Waals surface area (Å²) in [6.07, 6.45) is -1.82. The first-order chi connectivity index (χ1) is 63.3. The largest absolute Gasteiger partial charge is 0.508 e. The zero-order valence-corrected chi connectivity index (χ0v) is 75.1. The summed E-state index contributed by atoms with van der Waals surface area (Å²) in [5.74, 6) is -19.7. The van der Waals surface area contributed by atoms with Gasteiger partial charge in [0.1, 0.15) is 108 Å². The highest BCUT2D eigenvalue weighted by Gasteiger charge is 2.46. The number of aromatic nitrogens is 2. The number of hydrogen-bond acceptors (Lipinski definition) is 27. The Hall–Kier alpha value is -13.6. The molecule has 5 aliphatic heterocycles. The number of phenolic OH excluding ortho intramolecular Hbond substituents is 3. The highest BCUT2D eigenvalue weighted by Crippen LogP contribution is 2.29. The molecule has 30 N–H and O–H groups in total. The zero-order valence-electron chi connectivity index (χ0n) is 73.5. The molecule has 4 aromatic rings. The Morgan fingerprint density at radius 3 is 1.34 bits per heavy atom. The van der Waals surface area contributed by atoms with Crippen LogP contribution in [0.1, 0.15) is 133 Å². The molecule has 0 radical (unpaired) electrons. The van der Waals surface area contributed by atoms with Gasteiger partial charge in [0.15, 0.2) is 18.0 Å². The van der Waals surface area contributed by atoms with E-state index >= 15 is 33.6 Å². The van der Waals surface area contributed by atoms with E-state index in [4.69, 9.17) is 33.8 Å². The lowest BCUT2D eigenvalue weighted by Crippen LogP contribution is -2.63. The maximum absolute atomic E-state index is 15.7. The van der Waals surface area contributed by atoms with Gasteiger partial charge in [0.25, 0.3) is 5.91 Å². The number of aromatic amines is 1. The normalized spacial score (nSPS) is 26.7. The molecule has 3 unspecified atom stereocenters. The predicted octanol–water partition coefficient (Wildman–Crippen LogP) is -6.83. The van der Waals surface area contributed by atoms with E-state index in [-0.39, 0.29) is 137 Å². The third kappa shape index (κ3) is 30.5. The Bertz CT molecular complexity index is 4850. The minimum Gasteiger partial charge on any atom is -0.508 e. The number of hydrogen-bond donors (Lipinski definition) is 26. The smallest absolute Gasteiger partial charge is 0.252 e. The van der Waals surface area contributed by atoms with Gasteiger partial charge >= 0.3 is 0 Å². The van der Waals surface area contributed by atoms with Crippen LogP contribution in [0.25, 0.3) is 0 Å². The number of aromatic hydroxyl groups is 3. The molecular formula is C84H118N26O21S2. The summed E-state index contributed by atoms with van der Waals surface area (Å²) in [6.45, 7) is 3.22. The second-order valence-electron chi connectivity index (χ2n) is 33.0. The summed E-state index contributed by atoms with van der Waals surface area (Å²) in [4.78, 5) is 262. The second-order valence-corrected chi connectivity index (χ2v) is 35.6. The molecule has 9 rings (SSSR count). The number of aliphatic hydroxyl groups excluding tert-OH is 1. The average Bonchev–Trinajstić information content (AvgIpc) is 1.67. The zero-order chi connectivity index (χ0) is 96.9. The van der Waals surface area contributed by atoms with Gasteiger partial charge in [-0.1, -0.05) is 58.0 Å². The Balaban J connectivity index is 1.16. The molecular weight excluding hydrogens is 1770 g/mol. The van der Waals surface area contributed by atoms with Crippen molar-refractivity contribution in [3.05, 3.63) is 108 Å². The van der Waals surface area contributed by atoms with Crippen molar-refractivity contribution in [1.82, 2.24) is 104 Å². The molecule has 47 nitrogen and oxygen atoms in total. The number of phenols is 3. The van der Waals surface area contributed by atoms with Gasteiger partial charge in [-0.05, 0) is 151 Å². The van der Waals surface area contributed by atoms with Crippen LogP contribution in [0.2, 0.25) is 0 Å².